The molecule has 0 unspecified atom stereocenters. The number of aromatic nitrogens is 1. The molecule has 0 aliphatic carbocycles. The second-order valence-corrected chi connectivity index (χ2v) is 5.47. The molecule has 0 radical (unpaired) electrons. The SMILES string of the molecule is Cc1nc(NC(=O)[C@@H]2C[C@H](C)CC(=O)N2)cs1. The fourth-order valence-electron chi connectivity index (χ4n) is 1.92. The van der Waals surface area contributed by atoms with E-state index in [4.69, 9.17) is 0 Å². The van der Waals surface area contributed by atoms with E-state index in [0.29, 0.717) is 18.7 Å². The Balaban J connectivity index is 1.97. The molecule has 0 aromatic carbocycles. The zero-order valence-corrected chi connectivity index (χ0v) is 10.6. The Morgan fingerprint density at radius 3 is 3.00 bits per heavy atom. The number of amides is 2. The van der Waals surface area contributed by atoms with Gasteiger partial charge in [0.2, 0.25) is 11.8 Å². The molecular weight excluding hydrogens is 238 g/mol. The summed E-state index contributed by atoms with van der Waals surface area (Å²) in [4.78, 5) is 27.4. The number of anilines is 1. The van der Waals surface area contributed by atoms with Crippen molar-refractivity contribution in [3.63, 3.8) is 0 Å². The van der Waals surface area contributed by atoms with Crippen LogP contribution < -0.4 is 10.6 Å². The number of nitrogens with zero attached hydrogens (tertiary/aromatic N) is 1. The third kappa shape index (κ3) is 3.03. The van der Waals surface area contributed by atoms with Gasteiger partial charge in [0.25, 0.3) is 0 Å². The first-order chi connectivity index (χ1) is 8.04. The summed E-state index contributed by atoms with van der Waals surface area (Å²) in [7, 11) is 0. The van der Waals surface area contributed by atoms with Gasteiger partial charge in [0, 0.05) is 11.8 Å². The fraction of sp³-hybridized carbons (Fsp3) is 0.545. The van der Waals surface area contributed by atoms with Crippen molar-refractivity contribution in [3.8, 4) is 0 Å². The molecule has 0 bridgehead atoms. The number of rotatable bonds is 2. The Kier molecular flexibility index (Phi) is 3.42. The van der Waals surface area contributed by atoms with Gasteiger partial charge in [-0.05, 0) is 19.3 Å². The molecular formula is C11H15N3O2S. The minimum Gasteiger partial charge on any atom is -0.344 e. The molecule has 1 saturated heterocycles. The van der Waals surface area contributed by atoms with Gasteiger partial charge in [0.1, 0.15) is 11.9 Å². The first kappa shape index (κ1) is 12.0. The summed E-state index contributed by atoms with van der Waals surface area (Å²) < 4.78 is 0. The maximum atomic E-state index is 11.9. The highest BCUT2D eigenvalue weighted by atomic mass is 32.1. The molecule has 1 aromatic heterocycles. The fourth-order valence-corrected chi connectivity index (χ4v) is 2.47. The van der Waals surface area contributed by atoms with Gasteiger partial charge in [-0.3, -0.25) is 9.59 Å². The maximum Gasteiger partial charge on any atom is 0.248 e. The van der Waals surface area contributed by atoms with Crippen LogP contribution in [0.2, 0.25) is 0 Å². The van der Waals surface area contributed by atoms with Crippen LogP contribution in [0.4, 0.5) is 5.82 Å². The number of hydrogen-bond acceptors (Lipinski definition) is 4. The molecule has 2 rings (SSSR count). The quantitative estimate of drug-likeness (QED) is 0.834. The first-order valence-corrected chi connectivity index (χ1v) is 6.45. The second-order valence-electron chi connectivity index (χ2n) is 4.41. The molecule has 0 spiro atoms. The zero-order valence-electron chi connectivity index (χ0n) is 9.82. The van der Waals surface area contributed by atoms with Crippen molar-refractivity contribution in [1.82, 2.24) is 10.3 Å². The highest BCUT2D eigenvalue weighted by Gasteiger charge is 2.29. The van der Waals surface area contributed by atoms with Crippen molar-refractivity contribution < 1.29 is 9.59 Å². The molecule has 1 aliphatic heterocycles. The predicted molar refractivity (Wildman–Crippen MR) is 65.8 cm³/mol. The highest BCUT2D eigenvalue weighted by molar-refractivity contribution is 7.09. The molecule has 6 heteroatoms. The molecule has 2 N–H and O–H groups in total. The molecule has 1 fully saturated rings. The van der Waals surface area contributed by atoms with Crippen molar-refractivity contribution in [3.05, 3.63) is 10.4 Å². The lowest BCUT2D eigenvalue weighted by molar-refractivity contribution is -0.129. The van der Waals surface area contributed by atoms with E-state index in [2.05, 4.69) is 15.6 Å². The number of thiazole rings is 1. The molecule has 1 aliphatic rings. The van der Waals surface area contributed by atoms with Gasteiger partial charge in [-0.15, -0.1) is 11.3 Å². The predicted octanol–water partition coefficient (Wildman–Crippen LogP) is 1.30. The minimum atomic E-state index is -0.437. The summed E-state index contributed by atoms with van der Waals surface area (Å²) in [6, 6.07) is -0.437. The van der Waals surface area contributed by atoms with E-state index >= 15 is 0 Å². The lowest BCUT2D eigenvalue weighted by Crippen LogP contribution is -2.48. The normalized spacial score (nSPS) is 24.2. The van der Waals surface area contributed by atoms with Crippen LogP contribution in [0.3, 0.4) is 0 Å². The largest absolute Gasteiger partial charge is 0.344 e. The summed E-state index contributed by atoms with van der Waals surface area (Å²) >= 11 is 1.48. The number of piperidine rings is 1. The van der Waals surface area contributed by atoms with Crippen molar-refractivity contribution in [2.24, 2.45) is 5.92 Å². The van der Waals surface area contributed by atoms with E-state index in [0.717, 1.165) is 5.01 Å². The Bertz CT molecular complexity index is 444. The molecule has 2 amide bonds. The Hall–Kier alpha value is -1.43. The van der Waals surface area contributed by atoms with E-state index in [1.54, 1.807) is 5.38 Å². The smallest absolute Gasteiger partial charge is 0.248 e. The lowest BCUT2D eigenvalue weighted by atomic mass is 9.93. The Morgan fingerprint density at radius 1 is 1.65 bits per heavy atom. The standard InChI is InChI=1S/C11H15N3O2S/c1-6-3-8(13-10(15)4-6)11(16)14-9-5-17-7(2)12-9/h5-6,8H,3-4H2,1-2H3,(H,13,15)(H,14,16)/t6-,8-/m0/s1. The highest BCUT2D eigenvalue weighted by Crippen LogP contribution is 2.18. The topological polar surface area (TPSA) is 71.1 Å². The van der Waals surface area contributed by atoms with Crippen molar-refractivity contribution in [2.45, 2.75) is 32.7 Å². The van der Waals surface area contributed by atoms with E-state index in [-0.39, 0.29) is 17.7 Å². The van der Waals surface area contributed by atoms with E-state index in [9.17, 15) is 9.59 Å². The molecule has 1 aromatic rings. The number of carbonyl (C=O) groups excluding carboxylic acids is 2. The van der Waals surface area contributed by atoms with Crippen LogP contribution in [0, 0.1) is 12.8 Å². The van der Waals surface area contributed by atoms with Crippen molar-refractivity contribution >= 4 is 29.0 Å². The Labute approximate surface area is 104 Å². The molecule has 5 nitrogen and oxygen atoms in total. The van der Waals surface area contributed by atoms with Crippen LogP contribution in [-0.4, -0.2) is 22.8 Å². The van der Waals surface area contributed by atoms with Gasteiger partial charge in [0.05, 0.1) is 5.01 Å². The van der Waals surface area contributed by atoms with Gasteiger partial charge in [-0.2, -0.15) is 0 Å². The van der Waals surface area contributed by atoms with Crippen LogP contribution in [0.1, 0.15) is 24.8 Å². The summed E-state index contributed by atoms with van der Waals surface area (Å²) in [6.07, 6.45) is 1.18. The van der Waals surface area contributed by atoms with Crippen LogP contribution in [0.25, 0.3) is 0 Å². The molecule has 92 valence electrons. The summed E-state index contributed by atoms with van der Waals surface area (Å²) in [6.45, 7) is 3.86. The van der Waals surface area contributed by atoms with E-state index in [1.807, 2.05) is 13.8 Å². The van der Waals surface area contributed by atoms with Crippen LogP contribution >= 0.6 is 11.3 Å². The van der Waals surface area contributed by atoms with Gasteiger partial charge in [-0.25, -0.2) is 4.98 Å². The van der Waals surface area contributed by atoms with Crippen molar-refractivity contribution in [1.29, 1.82) is 0 Å². The third-order valence-corrected chi connectivity index (χ3v) is 3.47. The van der Waals surface area contributed by atoms with Gasteiger partial charge in [0.15, 0.2) is 0 Å². The second kappa shape index (κ2) is 4.83. The monoisotopic (exact) mass is 253 g/mol. The molecule has 2 heterocycles. The lowest BCUT2D eigenvalue weighted by Gasteiger charge is -2.26. The minimum absolute atomic E-state index is 0.0571. The number of carbonyl (C=O) groups is 2. The maximum absolute atomic E-state index is 11.9. The summed E-state index contributed by atoms with van der Waals surface area (Å²) in [5.74, 6) is 0.565. The van der Waals surface area contributed by atoms with E-state index in [1.165, 1.54) is 11.3 Å². The van der Waals surface area contributed by atoms with E-state index < -0.39 is 6.04 Å². The van der Waals surface area contributed by atoms with Gasteiger partial charge < -0.3 is 10.6 Å². The number of nitrogens with one attached hydrogen (secondary N) is 2. The molecule has 2 atom stereocenters. The summed E-state index contributed by atoms with van der Waals surface area (Å²) in [5.41, 5.74) is 0. The van der Waals surface area contributed by atoms with Gasteiger partial charge in [-0.1, -0.05) is 6.92 Å². The third-order valence-electron chi connectivity index (χ3n) is 2.69. The zero-order chi connectivity index (χ0) is 12.4. The number of aryl methyl sites for hydroxylation is 1. The van der Waals surface area contributed by atoms with Gasteiger partial charge >= 0.3 is 0 Å². The molecule has 17 heavy (non-hydrogen) atoms. The first-order valence-electron chi connectivity index (χ1n) is 5.57. The van der Waals surface area contributed by atoms with Crippen LogP contribution in [-0.2, 0) is 9.59 Å². The molecule has 0 saturated carbocycles. The number of hydrogen-bond donors (Lipinski definition) is 2. The van der Waals surface area contributed by atoms with Crippen LogP contribution in [0.15, 0.2) is 5.38 Å². The Morgan fingerprint density at radius 2 is 2.41 bits per heavy atom. The van der Waals surface area contributed by atoms with Crippen LogP contribution in [0.5, 0.6) is 0 Å². The average Bonchev–Trinajstić information content (AvgIpc) is 2.62. The average molecular weight is 253 g/mol. The van der Waals surface area contributed by atoms with Crippen molar-refractivity contribution in [2.75, 3.05) is 5.32 Å². The summed E-state index contributed by atoms with van der Waals surface area (Å²) in [5, 5.41) is 8.11.